The second-order valence-corrected chi connectivity index (χ2v) is 7.90. The minimum Gasteiger partial charge on any atom is -0.374 e. The monoisotopic (exact) mass is 327 g/mol. The topological polar surface area (TPSA) is 80.6 Å². The highest BCUT2D eigenvalue weighted by molar-refractivity contribution is 7.88. The molecule has 2 saturated heterocycles. The van der Waals surface area contributed by atoms with E-state index in [0.717, 1.165) is 12.8 Å². The van der Waals surface area contributed by atoms with Crippen molar-refractivity contribution in [2.75, 3.05) is 19.4 Å². The van der Waals surface area contributed by atoms with E-state index in [-0.39, 0.29) is 30.6 Å². The number of fused-ring (bicyclic) bond motifs is 1. The molecule has 1 N–H and O–H groups in total. The lowest BCUT2D eigenvalue weighted by molar-refractivity contribution is -0.0104. The van der Waals surface area contributed by atoms with E-state index in [0.29, 0.717) is 12.3 Å². The summed E-state index contributed by atoms with van der Waals surface area (Å²) < 4.78 is 32.9. The number of rotatable bonds is 3. The quantitative estimate of drug-likeness (QED) is 0.844. The van der Waals surface area contributed by atoms with E-state index >= 15 is 0 Å². The predicted molar refractivity (Wildman–Crippen MR) is 81.0 cm³/mol. The number of carbonyl (C=O) groups is 1. The fourth-order valence-corrected chi connectivity index (χ4v) is 4.51. The summed E-state index contributed by atoms with van der Waals surface area (Å²) in [6.45, 7) is 0.875. The van der Waals surface area contributed by atoms with Gasteiger partial charge in [0.05, 0.1) is 24.4 Å². The van der Waals surface area contributed by atoms with Crippen LogP contribution in [-0.4, -0.2) is 60.8 Å². The summed E-state index contributed by atoms with van der Waals surface area (Å²) in [6.07, 6.45) is 4.35. The molecule has 2 fully saturated rings. The molecule has 3 atom stereocenters. The van der Waals surface area contributed by atoms with Crippen molar-refractivity contribution in [1.29, 1.82) is 0 Å². The van der Waals surface area contributed by atoms with Gasteiger partial charge in [-0.2, -0.15) is 4.31 Å². The number of sulfonamides is 1. The number of aromatic nitrogens is 1. The molecule has 0 aliphatic carbocycles. The maximum absolute atomic E-state index is 12.4. The molecule has 7 nitrogen and oxygen atoms in total. The Morgan fingerprint density at radius 3 is 2.86 bits per heavy atom. The van der Waals surface area contributed by atoms with Crippen LogP contribution in [0.4, 0.5) is 0 Å². The molecule has 1 aromatic heterocycles. The molecule has 1 aromatic rings. The third kappa shape index (κ3) is 2.78. The van der Waals surface area contributed by atoms with Gasteiger partial charge >= 0.3 is 0 Å². The zero-order valence-electron chi connectivity index (χ0n) is 12.7. The van der Waals surface area contributed by atoms with Gasteiger partial charge in [-0.05, 0) is 25.0 Å². The Kier molecular flexibility index (Phi) is 4.00. The third-order valence-corrected chi connectivity index (χ3v) is 5.67. The third-order valence-electron chi connectivity index (χ3n) is 4.40. The van der Waals surface area contributed by atoms with Crippen molar-refractivity contribution < 1.29 is 17.9 Å². The summed E-state index contributed by atoms with van der Waals surface area (Å²) in [4.78, 5) is 12.4. The van der Waals surface area contributed by atoms with Crippen LogP contribution >= 0.6 is 0 Å². The SMILES string of the molecule is Cn1cccc1C(=O)N[C@@H]1CN(S(C)(=O)=O)[C@@H]2CCCO[C@@H]21. The van der Waals surface area contributed by atoms with Gasteiger partial charge in [-0.1, -0.05) is 0 Å². The van der Waals surface area contributed by atoms with Crippen LogP contribution in [0.2, 0.25) is 0 Å². The van der Waals surface area contributed by atoms with Gasteiger partial charge in [0.1, 0.15) is 5.69 Å². The van der Waals surface area contributed by atoms with E-state index in [1.165, 1.54) is 10.6 Å². The molecular formula is C14H21N3O4S. The van der Waals surface area contributed by atoms with Crippen LogP contribution < -0.4 is 5.32 Å². The Labute approximate surface area is 130 Å². The number of hydrogen-bond acceptors (Lipinski definition) is 4. The van der Waals surface area contributed by atoms with E-state index in [4.69, 9.17) is 4.74 Å². The average Bonchev–Trinajstić information content (AvgIpc) is 3.03. The lowest BCUT2D eigenvalue weighted by Gasteiger charge is -2.31. The molecule has 0 radical (unpaired) electrons. The molecule has 3 heterocycles. The van der Waals surface area contributed by atoms with E-state index in [9.17, 15) is 13.2 Å². The van der Waals surface area contributed by atoms with Gasteiger partial charge in [0, 0.05) is 26.4 Å². The second-order valence-electron chi connectivity index (χ2n) is 5.96. The van der Waals surface area contributed by atoms with Crippen molar-refractivity contribution in [3.63, 3.8) is 0 Å². The maximum atomic E-state index is 12.4. The highest BCUT2D eigenvalue weighted by Crippen LogP contribution is 2.30. The number of amides is 1. The molecular weight excluding hydrogens is 306 g/mol. The number of nitrogens with zero attached hydrogens (tertiary/aromatic N) is 2. The molecule has 22 heavy (non-hydrogen) atoms. The first-order valence-corrected chi connectivity index (χ1v) is 9.23. The Morgan fingerprint density at radius 1 is 1.45 bits per heavy atom. The number of aryl methyl sites for hydroxylation is 1. The summed E-state index contributed by atoms with van der Waals surface area (Å²) in [5.74, 6) is -0.208. The normalized spacial score (nSPS) is 29.3. The second kappa shape index (κ2) is 5.68. The van der Waals surface area contributed by atoms with Gasteiger partial charge in [-0.25, -0.2) is 8.42 Å². The summed E-state index contributed by atoms with van der Waals surface area (Å²) in [6, 6.07) is 3.04. The van der Waals surface area contributed by atoms with Crippen LogP contribution in [0.25, 0.3) is 0 Å². The minimum atomic E-state index is -3.31. The zero-order chi connectivity index (χ0) is 15.9. The van der Waals surface area contributed by atoms with Crippen molar-refractivity contribution in [3.05, 3.63) is 24.0 Å². The minimum absolute atomic E-state index is 0.178. The van der Waals surface area contributed by atoms with Crippen LogP contribution in [0, 0.1) is 0 Å². The van der Waals surface area contributed by atoms with Gasteiger partial charge in [0.2, 0.25) is 10.0 Å². The first-order chi connectivity index (χ1) is 10.4. The van der Waals surface area contributed by atoms with Crippen LogP contribution in [0.3, 0.4) is 0 Å². The molecule has 0 spiro atoms. The summed E-state index contributed by atoms with van der Waals surface area (Å²) in [5, 5.41) is 2.93. The van der Waals surface area contributed by atoms with Crippen LogP contribution in [-0.2, 0) is 21.8 Å². The average molecular weight is 327 g/mol. The highest BCUT2D eigenvalue weighted by Gasteiger charge is 2.48. The summed E-state index contributed by atoms with van der Waals surface area (Å²) >= 11 is 0. The van der Waals surface area contributed by atoms with Gasteiger partial charge in [0.15, 0.2) is 0 Å². The first-order valence-electron chi connectivity index (χ1n) is 7.38. The van der Waals surface area contributed by atoms with Gasteiger partial charge in [0.25, 0.3) is 5.91 Å². The Balaban J connectivity index is 1.79. The smallest absolute Gasteiger partial charge is 0.268 e. The lowest BCUT2D eigenvalue weighted by Crippen LogP contribution is -2.48. The molecule has 3 rings (SSSR count). The van der Waals surface area contributed by atoms with E-state index < -0.39 is 10.0 Å². The van der Waals surface area contributed by atoms with Crippen LogP contribution in [0.15, 0.2) is 18.3 Å². The highest BCUT2D eigenvalue weighted by atomic mass is 32.2. The van der Waals surface area contributed by atoms with E-state index in [1.54, 1.807) is 29.9 Å². The Bertz CT molecular complexity index is 669. The first kappa shape index (κ1) is 15.5. The van der Waals surface area contributed by atoms with E-state index in [1.807, 2.05) is 0 Å². The molecule has 1 amide bonds. The van der Waals surface area contributed by atoms with Gasteiger partial charge in [-0.3, -0.25) is 4.79 Å². The molecule has 2 aliphatic heterocycles. The number of hydrogen-bond donors (Lipinski definition) is 1. The van der Waals surface area contributed by atoms with Crippen LogP contribution in [0.5, 0.6) is 0 Å². The zero-order valence-corrected chi connectivity index (χ0v) is 13.5. The van der Waals surface area contributed by atoms with E-state index in [2.05, 4.69) is 5.32 Å². The Hall–Kier alpha value is -1.38. The number of ether oxygens (including phenoxy) is 1. The molecule has 0 bridgehead atoms. The molecule has 0 saturated carbocycles. The number of carbonyl (C=O) groups excluding carboxylic acids is 1. The fourth-order valence-electron chi connectivity index (χ4n) is 3.36. The summed E-state index contributed by atoms with van der Waals surface area (Å²) in [7, 11) is -1.51. The van der Waals surface area contributed by atoms with Crippen molar-refractivity contribution >= 4 is 15.9 Å². The van der Waals surface area contributed by atoms with Gasteiger partial charge in [-0.15, -0.1) is 0 Å². The van der Waals surface area contributed by atoms with Crippen LogP contribution in [0.1, 0.15) is 23.3 Å². The Morgan fingerprint density at radius 2 is 2.23 bits per heavy atom. The van der Waals surface area contributed by atoms with Crippen molar-refractivity contribution in [3.8, 4) is 0 Å². The predicted octanol–water partition coefficient (Wildman–Crippen LogP) is -0.0537. The standard InChI is InChI=1S/C14H21N3O4S/c1-16-7-3-5-12(16)14(18)15-10-9-17(22(2,19)20)11-6-4-8-21-13(10)11/h3,5,7,10-11,13H,4,6,8-9H2,1-2H3,(H,15,18)/t10-,11-,13-/m1/s1. The van der Waals surface area contributed by atoms with Gasteiger partial charge < -0.3 is 14.6 Å². The lowest BCUT2D eigenvalue weighted by atomic mass is 10.0. The maximum Gasteiger partial charge on any atom is 0.268 e. The van der Waals surface area contributed by atoms with Crippen molar-refractivity contribution in [1.82, 2.24) is 14.2 Å². The van der Waals surface area contributed by atoms with Crippen molar-refractivity contribution in [2.24, 2.45) is 7.05 Å². The summed E-state index contributed by atoms with van der Waals surface area (Å²) in [5.41, 5.74) is 0.546. The largest absolute Gasteiger partial charge is 0.374 e. The molecule has 0 unspecified atom stereocenters. The fraction of sp³-hybridized carbons (Fsp3) is 0.643. The molecule has 0 aromatic carbocycles. The molecule has 2 aliphatic rings. The molecule has 122 valence electrons. The van der Waals surface area contributed by atoms with Crippen molar-refractivity contribution in [2.45, 2.75) is 31.0 Å². The molecule has 8 heteroatoms. The number of nitrogens with one attached hydrogen (secondary N) is 1.